The van der Waals surface area contributed by atoms with Crippen molar-refractivity contribution >= 4 is 5.97 Å². The van der Waals surface area contributed by atoms with E-state index < -0.39 is 12.0 Å². The molecule has 0 aliphatic carbocycles. The zero-order chi connectivity index (χ0) is 8.85. The summed E-state index contributed by atoms with van der Waals surface area (Å²) in [6, 6.07) is -0.797. The first kappa shape index (κ1) is 10.4. The van der Waals surface area contributed by atoms with Crippen LogP contribution in [0.3, 0.4) is 0 Å². The molecular formula is C7H15NO3. The van der Waals surface area contributed by atoms with Crippen LogP contribution in [-0.4, -0.2) is 29.8 Å². The lowest BCUT2D eigenvalue weighted by atomic mass is 10.2. The van der Waals surface area contributed by atoms with Crippen LogP contribution in [-0.2, 0) is 9.53 Å². The van der Waals surface area contributed by atoms with Gasteiger partial charge in [-0.25, -0.2) is 0 Å². The second-order valence-corrected chi connectivity index (χ2v) is 2.65. The highest BCUT2D eigenvalue weighted by molar-refractivity contribution is 5.72. The van der Waals surface area contributed by atoms with Crippen LogP contribution in [0.4, 0.5) is 0 Å². The van der Waals surface area contributed by atoms with E-state index in [2.05, 4.69) is 0 Å². The minimum Gasteiger partial charge on any atom is -0.480 e. The van der Waals surface area contributed by atoms with Crippen LogP contribution < -0.4 is 5.73 Å². The maximum atomic E-state index is 10.2. The topological polar surface area (TPSA) is 72.5 Å². The number of nitrogens with two attached hydrogens (primary N) is 1. The van der Waals surface area contributed by atoms with Gasteiger partial charge in [-0.3, -0.25) is 4.79 Å². The van der Waals surface area contributed by atoms with Gasteiger partial charge in [0.2, 0.25) is 0 Å². The Morgan fingerprint density at radius 3 is 2.55 bits per heavy atom. The largest absolute Gasteiger partial charge is 0.480 e. The van der Waals surface area contributed by atoms with E-state index in [0.29, 0.717) is 13.0 Å². The predicted molar refractivity (Wildman–Crippen MR) is 41.3 cm³/mol. The van der Waals surface area contributed by atoms with Gasteiger partial charge in [0.05, 0.1) is 6.10 Å². The molecule has 0 aliphatic heterocycles. The van der Waals surface area contributed by atoms with Crippen LogP contribution in [0.5, 0.6) is 0 Å². The Morgan fingerprint density at radius 1 is 1.64 bits per heavy atom. The first-order valence-corrected chi connectivity index (χ1v) is 3.64. The summed E-state index contributed by atoms with van der Waals surface area (Å²) in [5.74, 6) is -0.975. The minimum absolute atomic E-state index is 0.135. The van der Waals surface area contributed by atoms with Crippen LogP contribution in [0.15, 0.2) is 0 Å². The summed E-state index contributed by atoms with van der Waals surface area (Å²) in [5.41, 5.74) is 5.22. The molecule has 0 aromatic heterocycles. The molecule has 0 amide bonds. The third-order valence-corrected chi connectivity index (χ3v) is 1.20. The van der Waals surface area contributed by atoms with E-state index >= 15 is 0 Å². The summed E-state index contributed by atoms with van der Waals surface area (Å²) in [7, 11) is 0. The summed E-state index contributed by atoms with van der Waals surface area (Å²) in [4.78, 5) is 10.2. The van der Waals surface area contributed by atoms with Gasteiger partial charge in [-0.2, -0.15) is 0 Å². The molecule has 0 unspecified atom stereocenters. The van der Waals surface area contributed by atoms with E-state index in [-0.39, 0.29) is 6.10 Å². The lowest BCUT2D eigenvalue weighted by Gasteiger charge is -2.09. The standard InChI is InChI=1S/C7H15NO3/c1-5(2)11-4-3-6(8)7(9)10/h5-6H,3-4,8H2,1-2H3,(H,9,10)/t6-/m1/s1. The molecule has 4 heteroatoms. The van der Waals surface area contributed by atoms with Crippen LogP contribution in [0, 0.1) is 0 Å². The molecule has 66 valence electrons. The first-order valence-electron chi connectivity index (χ1n) is 3.64. The highest BCUT2D eigenvalue weighted by atomic mass is 16.5. The fraction of sp³-hybridized carbons (Fsp3) is 0.857. The number of hydrogen-bond donors (Lipinski definition) is 2. The smallest absolute Gasteiger partial charge is 0.320 e. The Kier molecular flexibility index (Phi) is 4.81. The molecule has 0 spiro atoms. The lowest BCUT2D eigenvalue weighted by molar-refractivity contribution is -0.139. The molecule has 0 saturated heterocycles. The van der Waals surface area contributed by atoms with Gasteiger partial charge in [0, 0.05) is 6.61 Å². The molecule has 0 saturated carbocycles. The summed E-state index contributed by atoms with van der Waals surface area (Å²) in [6.45, 7) is 4.20. The molecule has 3 N–H and O–H groups in total. The molecule has 0 radical (unpaired) electrons. The number of carboxylic acid groups (broad SMARTS) is 1. The number of ether oxygens (including phenoxy) is 1. The van der Waals surface area contributed by atoms with Gasteiger partial charge < -0.3 is 15.6 Å². The van der Waals surface area contributed by atoms with Crippen molar-refractivity contribution in [1.29, 1.82) is 0 Å². The highest BCUT2D eigenvalue weighted by Crippen LogP contribution is 1.93. The van der Waals surface area contributed by atoms with Crippen molar-refractivity contribution < 1.29 is 14.6 Å². The number of carbonyl (C=O) groups is 1. The Hall–Kier alpha value is -0.610. The number of rotatable bonds is 5. The minimum atomic E-state index is -0.975. The van der Waals surface area contributed by atoms with Gasteiger partial charge in [-0.05, 0) is 20.3 Å². The van der Waals surface area contributed by atoms with E-state index in [1.165, 1.54) is 0 Å². The third-order valence-electron chi connectivity index (χ3n) is 1.20. The molecule has 0 aromatic carbocycles. The monoisotopic (exact) mass is 161 g/mol. The maximum absolute atomic E-state index is 10.2. The van der Waals surface area contributed by atoms with Gasteiger partial charge >= 0.3 is 5.97 Å². The summed E-state index contributed by atoms with van der Waals surface area (Å²) >= 11 is 0. The highest BCUT2D eigenvalue weighted by Gasteiger charge is 2.10. The predicted octanol–water partition coefficient (Wildman–Crippen LogP) is 0.213. The van der Waals surface area contributed by atoms with Gasteiger partial charge in [0.15, 0.2) is 0 Å². The Bertz CT molecular complexity index is 125. The fourth-order valence-electron chi connectivity index (χ4n) is 0.554. The van der Waals surface area contributed by atoms with E-state index in [4.69, 9.17) is 15.6 Å². The Labute approximate surface area is 66.3 Å². The third kappa shape index (κ3) is 5.82. The van der Waals surface area contributed by atoms with Crippen molar-refractivity contribution in [1.82, 2.24) is 0 Å². The van der Waals surface area contributed by atoms with Crippen LogP contribution in [0.25, 0.3) is 0 Å². The van der Waals surface area contributed by atoms with Crippen molar-refractivity contribution in [3.63, 3.8) is 0 Å². The van der Waals surface area contributed by atoms with Gasteiger partial charge in [0.1, 0.15) is 6.04 Å². The Balaban J connectivity index is 3.31. The van der Waals surface area contributed by atoms with Crippen LogP contribution >= 0.6 is 0 Å². The van der Waals surface area contributed by atoms with Crippen LogP contribution in [0.2, 0.25) is 0 Å². The zero-order valence-corrected chi connectivity index (χ0v) is 6.91. The molecule has 0 bridgehead atoms. The zero-order valence-electron chi connectivity index (χ0n) is 6.91. The van der Waals surface area contributed by atoms with Crippen molar-refractivity contribution in [3.05, 3.63) is 0 Å². The van der Waals surface area contributed by atoms with Gasteiger partial charge in [0.25, 0.3) is 0 Å². The molecular weight excluding hydrogens is 146 g/mol. The number of aliphatic carboxylic acids is 1. The number of carboxylic acids is 1. The summed E-state index contributed by atoms with van der Waals surface area (Å²) in [6.07, 6.45) is 0.504. The number of hydrogen-bond acceptors (Lipinski definition) is 3. The molecule has 0 heterocycles. The first-order chi connectivity index (χ1) is 5.04. The average molecular weight is 161 g/mol. The second kappa shape index (κ2) is 5.09. The summed E-state index contributed by atoms with van der Waals surface area (Å²) < 4.78 is 5.12. The summed E-state index contributed by atoms with van der Waals surface area (Å²) in [5, 5.41) is 8.37. The van der Waals surface area contributed by atoms with Crippen molar-refractivity contribution in [2.75, 3.05) is 6.61 Å². The lowest BCUT2D eigenvalue weighted by Crippen LogP contribution is -2.31. The molecule has 1 atom stereocenters. The maximum Gasteiger partial charge on any atom is 0.320 e. The van der Waals surface area contributed by atoms with Crippen molar-refractivity contribution in [2.45, 2.75) is 32.4 Å². The molecule has 0 rings (SSSR count). The molecule has 11 heavy (non-hydrogen) atoms. The molecule has 4 nitrogen and oxygen atoms in total. The SMILES string of the molecule is CC(C)OCC[C@@H](N)C(=O)O. The quantitative estimate of drug-likeness (QED) is 0.604. The van der Waals surface area contributed by atoms with E-state index in [9.17, 15) is 4.79 Å². The van der Waals surface area contributed by atoms with Crippen molar-refractivity contribution in [3.8, 4) is 0 Å². The van der Waals surface area contributed by atoms with E-state index in [1.54, 1.807) is 0 Å². The van der Waals surface area contributed by atoms with E-state index in [1.807, 2.05) is 13.8 Å². The molecule has 0 fully saturated rings. The normalized spacial score (nSPS) is 13.5. The fourth-order valence-corrected chi connectivity index (χ4v) is 0.554. The average Bonchev–Trinajstić information content (AvgIpc) is 1.86. The van der Waals surface area contributed by atoms with Gasteiger partial charge in [-0.15, -0.1) is 0 Å². The van der Waals surface area contributed by atoms with Gasteiger partial charge in [-0.1, -0.05) is 0 Å². The van der Waals surface area contributed by atoms with Crippen LogP contribution in [0.1, 0.15) is 20.3 Å². The Morgan fingerprint density at radius 2 is 2.18 bits per heavy atom. The molecule has 0 aromatic rings. The van der Waals surface area contributed by atoms with E-state index in [0.717, 1.165) is 0 Å². The molecule has 0 aliphatic rings. The van der Waals surface area contributed by atoms with Crippen molar-refractivity contribution in [2.24, 2.45) is 5.73 Å². The second-order valence-electron chi connectivity index (χ2n) is 2.65.